The van der Waals surface area contributed by atoms with E-state index in [0.29, 0.717) is 17.3 Å². The Morgan fingerprint density at radius 1 is 1.64 bits per heavy atom. The van der Waals surface area contributed by atoms with Crippen LogP contribution >= 0.6 is 0 Å². The third-order valence-electron chi connectivity index (χ3n) is 1.24. The lowest BCUT2D eigenvalue weighted by molar-refractivity contribution is 0.411. The number of terminal acetylenes is 1. The molecule has 1 rings (SSSR count). The number of aromatic nitrogens is 1. The lowest BCUT2D eigenvalue weighted by Gasteiger charge is -2.01. The monoisotopic (exact) mass is 148 g/mol. The number of nitrogens with zero attached hydrogens (tertiary/aromatic N) is 1. The van der Waals surface area contributed by atoms with Crippen molar-refractivity contribution in [1.82, 2.24) is 4.98 Å². The van der Waals surface area contributed by atoms with Gasteiger partial charge in [0.25, 0.3) is 0 Å². The van der Waals surface area contributed by atoms with Gasteiger partial charge in [0.2, 0.25) is 0 Å². The van der Waals surface area contributed by atoms with Crippen LogP contribution in [0, 0.1) is 12.3 Å². The summed E-state index contributed by atoms with van der Waals surface area (Å²) in [5.41, 5.74) is 5.83. The molecule has 0 saturated heterocycles. The summed E-state index contributed by atoms with van der Waals surface area (Å²) in [7, 11) is 1.54. The van der Waals surface area contributed by atoms with Gasteiger partial charge >= 0.3 is 0 Å². The molecule has 0 saturated carbocycles. The molecule has 0 unspecified atom stereocenters. The van der Waals surface area contributed by atoms with Gasteiger partial charge in [-0.3, -0.25) is 0 Å². The molecule has 0 aliphatic rings. The minimum Gasteiger partial charge on any atom is -0.494 e. The molecule has 2 N–H and O–H groups in total. The predicted octanol–water partition coefficient (Wildman–Crippen LogP) is 0.654. The van der Waals surface area contributed by atoms with E-state index < -0.39 is 0 Å². The van der Waals surface area contributed by atoms with Crippen molar-refractivity contribution < 1.29 is 4.74 Å². The van der Waals surface area contributed by atoms with Gasteiger partial charge in [0, 0.05) is 0 Å². The second kappa shape index (κ2) is 2.93. The maximum absolute atomic E-state index is 5.40. The molecule has 0 spiro atoms. The number of nitrogens with two attached hydrogens (primary N) is 1. The molecule has 0 aliphatic carbocycles. The highest BCUT2D eigenvalue weighted by atomic mass is 16.5. The number of pyridine rings is 1. The average Bonchev–Trinajstić information content (AvgIpc) is 2.04. The van der Waals surface area contributed by atoms with Gasteiger partial charge in [-0.15, -0.1) is 6.42 Å². The van der Waals surface area contributed by atoms with Crippen LogP contribution in [0.4, 0.5) is 5.82 Å². The van der Waals surface area contributed by atoms with Crippen LogP contribution in [0.3, 0.4) is 0 Å². The minimum absolute atomic E-state index is 0.402. The zero-order valence-corrected chi connectivity index (χ0v) is 6.16. The highest BCUT2D eigenvalue weighted by molar-refractivity contribution is 5.45. The maximum Gasteiger partial charge on any atom is 0.157 e. The molecule has 1 aromatic rings. The number of methoxy groups -OCH3 is 1. The molecule has 0 bridgehead atoms. The van der Waals surface area contributed by atoms with Crippen molar-refractivity contribution in [2.75, 3.05) is 12.8 Å². The molecule has 3 nitrogen and oxygen atoms in total. The summed E-state index contributed by atoms with van der Waals surface area (Å²) in [5.74, 6) is 3.34. The summed E-state index contributed by atoms with van der Waals surface area (Å²) in [6.07, 6.45) is 5.15. The van der Waals surface area contributed by atoms with Crippen LogP contribution in [0.1, 0.15) is 5.69 Å². The van der Waals surface area contributed by atoms with Crippen molar-refractivity contribution in [3.63, 3.8) is 0 Å². The van der Waals surface area contributed by atoms with E-state index in [9.17, 15) is 0 Å². The molecule has 0 fully saturated rings. The third kappa shape index (κ3) is 1.41. The third-order valence-corrected chi connectivity index (χ3v) is 1.24. The van der Waals surface area contributed by atoms with Gasteiger partial charge in [-0.05, 0) is 18.1 Å². The maximum atomic E-state index is 5.40. The highest BCUT2D eigenvalue weighted by Crippen LogP contribution is 2.15. The van der Waals surface area contributed by atoms with Gasteiger partial charge in [-0.2, -0.15) is 0 Å². The van der Waals surface area contributed by atoms with Crippen molar-refractivity contribution in [3.8, 4) is 18.1 Å². The molecule has 3 heteroatoms. The SMILES string of the molecule is C#Cc1nc(N)ccc1OC. The van der Waals surface area contributed by atoms with Crippen molar-refractivity contribution in [3.05, 3.63) is 17.8 Å². The topological polar surface area (TPSA) is 48.1 Å². The molecule has 1 aromatic heterocycles. The van der Waals surface area contributed by atoms with E-state index in [-0.39, 0.29) is 0 Å². The van der Waals surface area contributed by atoms with Crippen LogP contribution in [0.5, 0.6) is 5.75 Å². The molecule has 11 heavy (non-hydrogen) atoms. The average molecular weight is 148 g/mol. The van der Waals surface area contributed by atoms with E-state index in [1.165, 1.54) is 7.11 Å². The summed E-state index contributed by atoms with van der Waals surface area (Å²) in [6.45, 7) is 0. The lowest BCUT2D eigenvalue weighted by Crippen LogP contribution is -1.95. The van der Waals surface area contributed by atoms with Crippen LogP contribution in [0.15, 0.2) is 12.1 Å². The first kappa shape index (κ1) is 7.42. The first-order chi connectivity index (χ1) is 5.27. The highest BCUT2D eigenvalue weighted by Gasteiger charge is 1.99. The van der Waals surface area contributed by atoms with Crippen molar-refractivity contribution >= 4 is 5.82 Å². The van der Waals surface area contributed by atoms with Gasteiger partial charge in [0.15, 0.2) is 11.4 Å². The molecule has 0 aromatic carbocycles. The normalized spacial score (nSPS) is 8.73. The Morgan fingerprint density at radius 2 is 2.36 bits per heavy atom. The number of hydrogen-bond donors (Lipinski definition) is 1. The number of ether oxygens (including phenoxy) is 1. The molecule has 1 heterocycles. The van der Waals surface area contributed by atoms with Gasteiger partial charge < -0.3 is 10.5 Å². The van der Waals surface area contributed by atoms with Gasteiger partial charge in [0.05, 0.1) is 7.11 Å². The summed E-state index contributed by atoms with van der Waals surface area (Å²) >= 11 is 0. The second-order valence-corrected chi connectivity index (χ2v) is 1.93. The van der Waals surface area contributed by atoms with Crippen LogP contribution in [-0.4, -0.2) is 12.1 Å². The number of hydrogen-bond acceptors (Lipinski definition) is 3. The van der Waals surface area contributed by atoms with Crippen LogP contribution < -0.4 is 10.5 Å². The van der Waals surface area contributed by atoms with Crippen molar-refractivity contribution in [1.29, 1.82) is 0 Å². The Kier molecular flexibility index (Phi) is 1.98. The summed E-state index contributed by atoms with van der Waals surface area (Å²) < 4.78 is 4.93. The number of rotatable bonds is 1. The fourth-order valence-electron chi connectivity index (χ4n) is 0.730. The van der Waals surface area contributed by atoms with E-state index in [1.54, 1.807) is 12.1 Å². The first-order valence-electron chi connectivity index (χ1n) is 3.05. The Balaban J connectivity index is 3.19. The first-order valence-corrected chi connectivity index (χ1v) is 3.05. The number of anilines is 1. The fourth-order valence-corrected chi connectivity index (χ4v) is 0.730. The quantitative estimate of drug-likeness (QED) is 0.595. The smallest absolute Gasteiger partial charge is 0.157 e. The van der Waals surface area contributed by atoms with Crippen molar-refractivity contribution in [2.45, 2.75) is 0 Å². The standard InChI is InChI=1S/C8H8N2O/c1-3-6-7(11-2)4-5-8(9)10-6/h1,4-5H,2H3,(H2,9,10). The molecular weight excluding hydrogens is 140 g/mol. The molecule has 0 aliphatic heterocycles. The lowest BCUT2D eigenvalue weighted by atomic mass is 10.3. The van der Waals surface area contributed by atoms with Crippen LogP contribution in [0.25, 0.3) is 0 Å². The summed E-state index contributed by atoms with van der Waals surface area (Å²) in [6, 6.07) is 3.33. The number of nitrogen functional groups attached to an aromatic ring is 1. The van der Waals surface area contributed by atoms with E-state index in [1.807, 2.05) is 0 Å². The van der Waals surface area contributed by atoms with Gasteiger partial charge in [-0.1, -0.05) is 0 Å². The van der Waals surface area contributed by atoms with E-state index in [2.05, 4.69) is 10.9 Å². The fraction of sp³-hybridized carbons (Fsp3) is 0.125. The van der Waals surface area contributed by atoms with Crippen LogP contribution in [0.2, 0.25) is 0 Å². The second-order valence-electron chi connectivity index (χ2n) is 1.93. The Labute approximate surface area is 65.2 Å². The predicted molar refractivity (Wildman–Crippen MR) is 43.1 cm³/mol. The molecule has 56 valence electrons. The minimum atomic E-state index is 0.402. The van der Waals surface area contributed by atoms with E-state index in [4.69, 9.17) is 16.9 Å². The van der Waals surface area contributed by atoms with E-state index >= 15 is 0 Å². The molecular formula is C8H8N2O. The summed E-state index contributed by atoms with van der Waals surface area (Å²) in [5, 5.41) is 0. The Bertz CT molecular complexity index is 301. The van der Waals surface area contributed by atoms with E-state index in [0.717, 1.165) is 0 Å². The molecule has 0 atom stereocenters. The van der Waals surface area contributed by atoms with Gasteiger partial charge in [-0.25, -0.2) is 4.98 Å². The molecule has 0 amide bonds. The summed E-state index contributed by atoms with van der Waals surface area (Å²) in [4.78, 5) is 3.88. The zero-order chi connectivity index (χ0) is 8.27. The zero-order valence-electron chi connectivity index (χ0n) is 6.16. The largest absolute Gasteiger partial charge is 0.494 e. The van der Waals surface area contributed by atoms with Gasteiger partial charge in [0.1, 0.15) is 5.82 Å². The molecule has 0 radical (unpaired) electrons. The van der Waals surface area contributed by atoms with Crippen LogP contribution in [-0.2, 0) is 0 Å². The van der Waals surface area contributed by atoms with Crippen molar-refractivity contribution in [2.24, 2.45) is 0 Å². The Hall–Kier alpha value is -1.69. The Morgan fingerprint density at radius 3 is 2.91 bits per heavy atom.